The molecule has 0 bridgehead atoms. The van der Waals surface area contributed by atoms with Crippen LogP contribution in [0.2, 0.25) is 0 Å². The number of anilines is 2. The van der Waals surface area contributed by atoms with Crippen LogP contribution in [0.1, 0.15) is 6.42 Å². The molecular formula is C34H23N. The van der Waals surface area contributed by atoms with Crippen molar-refractivity contribution in [2.45, 2.75) is 12.5 Å². The van der Waals surface area contributed by atoms with E-state index in [0.29, 0.717) is 0 Å². The summed E-state index contributed by atoms with van der Waals surface area (Å²) in [6, 6.07) is 36.3. The summed E-state index contributed by atoms with van der Waals surface area (Å²) in [4.78, 5) is 2.54. The van der Waals surface area contributed by atoms with E-state index in [0.717, 1.165) is 6.42 Å². The van der Waals surface area contributed by atoms with Crippen LogP contribution in [-0.2, 0) is 0 Å². The Kier molecular flexibility index (Phi) is 3.84. The molecule has 0 saturated heterocycles. The quantitative estimate of drug-likeness (QED) is 0.245. The van der Waals surface area contributed by atoms with Gasteiger partial charge in [-0.1, -0.05) is 97.1 Å². The number of para-hydroxylation sites is 1. The third kappa shape index (κ3) is 2.58. The lowest BCUT2D eigenvalue weighted by atomic mass is 9.89. The largest absolute Gasteiger partial charge is 0.334 e. The van der Waals surface area contributed by atoms with Gasteiger partial charge in [-0.05, 0) is 74.5 Å². The zero-order chi connectivity index (χ0) is 22.9. The van der Waals surface area contributed by atoms with Gasteiger partial charge in [0.25, 0.3) is 0 Å². The predicted octanol–water partition coefficient (Wildman–Crippen LogP) is 9.25. The van der Waals surface area contributed by atoms with Crippen LogP contribution in [0.3, 0.4) is 0 Å². The third-order valence-corrected chi connectivity index (χ3v) is 7.81. The van der Waals surface area contributed by atoms with Gasteiger partial charge in [0.2, 0.25) is 0 Å². The highest BCUT2D eigenvalue weighted by atomic mass is 15.2. The van der Waals surface area contributed by atoms with E-state index in [2.05, 4.69) is 126 Å². The van der Waals surface area contributed by atoms with Crippen LogP contribution in [-0.4, -0.2) is 6.04 Å². The predicted molar refractivity (Wildman–Crippen MR) is 150 cm³/mol. The summed E-state index contributed by atoms with van der Waals surface area (Å²) >= 11 is 0. The van der Waals surface area contributed by atoms with Crippen molar-refractivity contribution in [3.63, 3.8) is 0 Å². The van der Waals surface area contributed by atoms with Crippen LogP contribution in [0.4, 0.5) is 11.4 Å². The number of hydrogen-bond acceptors (Lipinski definition) is 1. The van der Waals surface area contributed by atoms with Gasteiger partial charge in [-0.15, -0.1) is 0 Å². The summed E-state index contributed by atoms with van der Waals surface area (Å²) in [6.07, 6.45) is 9.95. The summed E-state index contributed by atoms with van der Waals surface area (Å²) in [7, 11) is 0. The molecule has 2 aliphatic rings. The van der Waals surface area contributed by atoms with E-state index < -0.39 is 0 Å². The van der Waals surface area contributed by atoms with E-state index >= 15 is 0 Å². The van der Waals surface area contributed by atoms with Crippen LogP contribution in [0.5, 0.6) is 0 Å². The molecule has 164 valence electrons. The molecule has 1 heteroatoms. The number of nitrogens with zero attached hydrogens (tertiary/aromatic N) is 1. The molecule has 1 unspecified atom stereocenters. The molecule has 6 aromatic carbocycles. The van der Waals surface area contributed by atoms with Crippen LogP contribution in [0.15, 0.2) is 121 Å². The summed E-state index contributed by atoms with van der Waals surface area (Å²) < 4.78 is 0. The molecule has 2 aliphatic carbocycles. The Labute approximate surface area is 204 Å². The lowest BCUT2D eigenvalue weighted by Crippen LogP contribution is -2.30. The van der Waals surface area contributed by atoms with Crippen molar-refractivity contribution in [2.75, 3.05) is 4.90 Å². The minimum atomic E-state index is 0.268. The van der Waals surface area contributed by atoms with Crippen molar-refractivity contribution in [2.24, 2.45) is 0 Å². The van der Waals surface area contributed by atoms with Gasteiger partial charge in [0.15, 0.2) is 0 Å². The maximum absolute atomic E-state index is 2.54. The van der Waals surface area contributed by atoms with E-state index in [9.17, 15) is 0 Å². The monoisotopic (exact) mass is 445 g/mol. The summed E-state index contributed by atoms with van der Waals surface area (Å²) in [5.41, 5.74) is 7.92. The zero-order valence-electron chi connectivity index (χ0n) is 19.3. The van der Waals surface area contributed by atoms with Crippen molar-refractivity contribution in [1.29, 1.82) is 0 Å². The van der Waals surface area contributed by atoms with Crippen molar-refractivity contribution in [3.8, 4) is 22.3 Å². The van der Waals surface area contributed by atoms with Crippen LogP contribution in [0, 0.1) is 0 Å². The topological polar surface area (TPSA) is 3.24 Å². The second-order valence-electron chi connectivity index (χ2n) is 9.68. The average molecular weight is 446 g/mol. The van der Waals surface area contributed by atoms with Gasteiger partial charge in [-0.2, -0.15) is 0 Å². The van der Waals surface area contributed by atoms with E-state index in [-0.39, 0.29) is 6.04 Å². The number of rotatable bonds is 3. The Morgan fingerprint density at radius 2 is 1.34 bits per heavy atom. The molecule has 1 atom stereocenters. The molecule has 0 N–H and O–H groups in total. The van der Waals surface area contributed by atoms with Crippen molar-refractivity contribution in [1.82, 2.24) is 0 Å². The highest BCUT2D eigenvalue weighted by Crippen LogP contribution is 2.54. The van der Waals surface area contributed by atoms with Gasteiger partial charge >= 0.3 is 0 Å². The van der Waals surface area contributed by atoms with Gasteiger partial charge in [-0.25, -0.2) is 0 Å². The SMILES string of the molecule is C1=CCC(N(c2ccccc2)c2cc3c4c(cc5cccc6ccc2c4c65)-c2ccccc2-3)C=C1. The molecule has 0 spiro atoms. The fraction of sp³-hybridized carbons (Fsp3) is 0.0588. The summed E-state index contributed by atoms with van der Waals surface area (Å²) in [6.45, 7) is 0. The van der Waals surface area contributed by atoms with Gasteiger partial charge in [0, 0.05) is 16.5 Å². The molecule has 1 nitrogen and oxygen atoms in total. The number of hydrogen-bond donors (Lipinski definition) is 0. The third-order valence-electron chi connectivity index (χ3n) is 7.81. The van der Waals surface area contributed by atoms with E-state index in [1.165, 1.54) is 65.9 Å². The second kappa shape index (κ2) is 7.07. The molecule has 8 rings (SSSR count). The normalized spacial score (nSPS) is 15.9. The Hall–Kier alpha value is -4.36. The molecule has 6 aromatic rings. The Morgan fingerprint density at radius 1 is 0.571 bits per heavy atom. The highest BCUT2D eigenvalue weighted by Gasteiger charge is 2.29. The number of benzene rings is 6. The fourth-order valence-corrected chi connectivity index (χ4v) is 6.36. The standard InChI is InChI=1S/C34H23N/c1-3-12-24(13-4-1)35(25-14-5-2-6-15-25)31-21-30-27-17-8-7-16-26(27)29-20-23-11-9-10-22-18-19-28(31)34(32(22)23)33(29)30/h1-14,16-21,25H,15H2. The second-order valence-corrected chi connectivity index (χ2v) is 9.68. The van der Waals surface area contributed by atoms with Gasteiger partial charge in [-0.3, -0.25) is 0 Å². The van der Waals surface area contributed by atoms with E-state index in [1.807, 2.05) is 0 Å². The molecular weight excluding hydrogens is 422 g/mol. The Balaban J connectivity index is 1.55. The number of allylic oxidation sites excluding steroid dienone is 2. The molecule has 0 fully saturated rings. The smallest absolute Gasteiger partial charge is 0.0560 e. The maximum Gasteiger partial charge on any atom is 0.0560 e. The van der Waals surface area contributed by atoms with E-state index in [1.54, 1.807) is 0 Å². The van der Waals surface area contributed by atoms with Crippen molar-refractivity contribution >= 4 is 43.7 Å². The highest BCUT2D eigenvalue weighted by molar-refractivity contribution is 6.34. The first kappa shape index (κ1) is 19.0. The lowest BCUT2D eigenvalue weighted by Gasteiger charge is -2.34. The lowest BCUT2D eigenvalue weighted by molar-refractivity contribution is 0.787. The number of fused-ring (bicyclic) bond motifs is 3. The molecule has 0 amide bonds. The maximum atomic E-state index is 2.54. The minimum absolute atomic E-state index is 0.268. The van der Waals surface area contributed by atoms with Crippen LogP contribution in [0.25, 0.3) is 54.6 Å². The molecule has 0 radical (unpaired) electrons. The van der Waals surface area contributed by atoms with Gasteiger partial charge in [0.05, 0.1) is 11.7 Å². The average Bonchev–Trinajstić information content (AvgIpc) is 3.24. The van der Waals surface area contributed by atoms with Gasteiger partial charge < -0.3 is 4.90 Å². The molecule has 0 heterocycles. The Bertz CT molecular complexity index is 1820. The van der Waals surface area contributed by atoms with Gasteiger partial charge in [0.1, 0.15) is 0 Å². The zero-order valence-corrected chi connectivity index (χ0v) is 19.3. The first-order valence-corrected chi connectivity index (χ1v) is 12.4. The molecule has 35 heavy (non-hydrogen) atoms. The summed E-state index contributed by atoms with van der Waals surface area (Å²) in [5.74, 6) is 0. The van der Waals surface area contributed by atoms with Crippen molar-refractivity contribution in [3.05, 3.63) is 121 Å². The summed E-state index contributed by atoms with van der Waals surface area (Å²) in [5, 5.41) is 8.15. The fourth-order valence-electron chi connectivity index (χ4n) is 6.36. The molecule has 0 saturated carbocycles. The first-order chi connectivity index (χ1) is 17.4. The first-order valence-electron chi connectivity index (χ1n) is 12.4. The van der Waals surface area contributed by atoms with Crippen LogP contribution < -0.4 is 4.90 Å². The molecule has 0 aliphatic heterocycles. The molecule has 0 aromatic heterocycles. The van der Waals surface area contributed by atoms with Crippen molar-refractivity contribution < 1.29 is 0 Å². The van der Waals surface area contributed by atoms with E-state index in [4.69, 9.17) is 0 Å². The minimum Gasteiger partial charge on any atom is -0.334 e. The van der Waals surface area contributed by atoms with Crippen LogP contribution >= 0.6 is 0 Å². The Morgan fingerprint density at radius 3 is 2.14 bits per heavy atom.